The van der Waals surface area contributed by atoms with Crippen molar-refractivity contribution >= 4 is 50.8 Å². The highest BCUT2D eigenvalue weighted by Gasteiger charge is 2.17. The number of carbonyl (C=O) groups is 2. The molecule has 1 fully saturated rings. The summed E-state index contributed by atoms with van der Waals surface area (Å²) in [5.41, 5.74) is 3.01. The van der Waals surface area contributed by atoms with Gasteiger partial charge in [0.25, 0.3) is 0 Å². The number of ketones is 1. The van der Waals surface area contributed by atoms with Gasteiger partial charge in [0.15, 0.2) is 0 Å². The largest absolute Gasteiger partial charge is 0.376 e. The minimum atomic E-state index is -0.197. The summed E-state index contributed by atoms with van der Waals surface area (Å²) >= 11 is 6.16. The number of para-hydroxylation sites is 1. The van der Waals surface area contributed by atoms with Crippen molar-refractivity contribution in [3.05, 3.63) is 71.0 Å². The number of halogens is 1. The topological polar surface area (TPSA) is 98.9 Å². The summed E-state index contributed by atoms with van der Waals surface area (Å²) in [6, 6.07) is 14.7. The highest BCUT2D eigenvalue weighted by atomic mass is 35.5. The number of amides is 1. The molecule has 34 heavy (non-hydrogen) atoms. The molecule has 0 radical (unpaired) electrons. The summed E-state index contributed by atoms with van der Waals surface area (Å²) in [5, 5.41) is 11.9. The molecule has 1 aliphatic heterocycles. The maximum absolute atomic E-state index is 13.3. The lowest BCUT2D eigenvalue weighted by atomic mass is 9.98. The zero-order valence-corrected chi connectivity index (χ0v) is 19.4. The van der Waals surface area contributed by atoms with Crippen molar-refractivity contribution in [3.63, 3.8) is 0 Å². The Kier molecular flexibility index (Phi) is 6.47. The summed E-state index contributed by atoms with van der Waals surface area (Å²) in [4.78, 5) is 33.4. The van der Waals surface area contributed by atoms with Gasteiger partial charge >= 0.3 is 0 Å². The van der Waals surface area contributed by atoms with Gasteiger partial charge < -0.3 is 20.9 Å². The summed E-state index contributed by atoms with van der Waals surface area (Å²) in [5.74, 6) is 0.251. The summed E-state index contributed by atoms with van der Waals surface area (Å²) in [6.45, 7) is 2.82. The lowest BCUT2D eigenvalue weighted by Gasteiger charge is -2.22. The van der Waals surface area contributed by atoms with E-state index in [-0.39, 0.29) is 18.2 Å². The van der Waals surface area contributed by atoms with Gasteiger partial charge in [0, 0.05) is 40.3 Å². The number of carbonyl (C=O) groups excluding carboxylic acids is 2. The quantitative estimate of drug-likeness (QED) is 0.301. The van der Waals surface area contributed by atoms with E-state index in [0.717, 1.165) is 42.2 Å². The molecule has 174 valence electrons. The third kappa shape index (κ3) is 4.76. The third-order valence-corrected chi connectivity index (χ3v) is 6.64. The van der Waals surface area contributed by atoms with Crippen LogP contribution >= 0.6 is 11.6 Å². The number of nitrogens with one attached hydrogen (secondary N) is 4. The van der Waals surface area contributed by atoms with E-state index in [2.05, 4.69) is 25.9 Å². The van der Waals surface area contributed by atoms with Crippen molar-refractivity contribution in [1.82, 2.24) is 20.6 Å². The van der Waals surface area contributed by atoms with Crippen LogP contribution in [-0.2, 0) is 4.79 Å². The van der Waals surface area contributed by atoms with Crippen LogP contribution in [0.2, 0.25) is 5.02 Å². The van der Waals surface area contributed by atoms with Crippen LogP contribution in [0.3, 0.4) is 0 Å². The molecule has 0 bridgehead atoms. The van der Waals surface area contributed by atoms with E-state index in [9.17, 15) is 9.59 Å². The van der Waals surface area contributed by atoms with Gasteiger partial charge in [-0.15, -0.1) is 0 Å². The van der Waals surface area contributed by atoms with Crippen LogP contribution in [-0.4, -0.2) is 47.8 Å². The molecule has 0 spiro atoms. The van der Waals surface area contributed by atoms with Crippen molar-refractivity contribution in [2.24, 2.45) is 5.92 Å². The number of benzene rings is 2. The van der Waals surface area contributed by atoms with Crippen molar-refractivity contribution < 1.29 is 9.59 Å². The molecule has 0 aliphatic carbocycles. The van der Waals surface area contributed by atoms with Crippen molar-refractivity contribution in [1.29, 1.82) is 0 Å². The Morgan fingerprint density at radius 3 is 2.74 bits per heavy atom. The van der Waals surface area contributed by atoms with Crippen LogP contribution in [0.15, 0.2) is 54.7 Å². The Labute approximate surface area is 202 Å². The van der Waals surface area contributed by atoms with E-state index in [1.165, 1.54) is 0 Å². The zero-order chi connectivity index (χ0) is 23.5. The number of nitrogens with zero attached hydrogens (tertiary/aromatic N) is 1. The fraction of sp³-hybridized carbons (Fsp3) is 0.269. The predicted octanol–water partition coefficient (Wildman–Crippen LogP) is 4.13. The predicted molar refractivity (Wildman–Crippen MR) is 136 cm³/mol. The number of hydrogen-bond acceptors (Lipinski definition) is 5. The molecule has 4 N–H and O–H groups in total. The SMILES string of the molecule is O=C(CNc1cc(C(=O)c2ccc3c(Cl)c[nH]c3c2)nc2ccccc12)NCC1CCNCC1. The first-order valence-electron chi connectivity index (χ1n) is 11.5. The average Bonchev–Trinajstić information content (AvgIpc) is 3.26. The van der Waals surface area contributed by atoms with Crippen LogP contribution in [0.1, 0.15) is 28.9 Å². The number of piperidine rings is 1. The Balaban J connectivity index is 1.35. The molecule has 1 saturated heterocycles. The lowest BCUT2D eigenvalue weighted by molar-refractivity contribution is -0.119. The van der Waals surface area contributed by atoms with Gasteiger partial charge in [0.1, 0.15) is 5.69 Å². The molecule has 8 heteroatoms. The Morgan fingerprint density at radius 1 is 1.06 bits per heavy atom. The van der Waals surface area contributed by atoms with Gasteiger partial charge in [-0.25, -0.2) is 4.98 Å². The minimum Gasteiger partial charge on any atom is -0.376 e. The van der Waals surface area contributed by atoms with Gasteiger partial charge in [-0.05, 0) is 50.0 Å². The number of aromatic nitrogens is 2. The molecule has 1 amide bonds. The second-order valence-corrected chi connectivity index (χ2v) is 9.06. The summed E-state index contributed by atoms with van der Waals surface area (Å²) < 4.78 is 0. The first kappa shape index (κ1) is 22.4. The number of H-pyrrole nitrogens is 1. The van der Waals surface area contributed by atoms with Crippen LogP contribution in [0.4, 0.5) is 5.69 Å². The number of pyridine rings is 1. The van der Waals surface area contributed by atoms with E-state index < -0.39 is 0 Å². The molecule has 2 aromatic carbocycles. The van der Waals surface area contributed by atoms with Crippen LogP contribution in [0, 0.1) is 5.92 Å². The van der Waals surface area contributed by atoms with E-state index in [0.29, 0.717) is 39.9 Å². The van der Waals surface area contributed by atoms with Crippen molar-refractivity contribution in [2.45, 2.75) is 12.8 Å². The van der Waals surface area contributed by atoms with E-state index >= 15 is 0 Å². The first-order valence-corrected chi connectivity index (χ1v) is 11.9. The zero-order valence-electron chi connectivity index (χ0n) is 18.7. The molecule has 1 aliphatic rings. The number of aromatic amines is 1. The van der Waals surface area contributed by atoms with Crippen LogP contribution < -0.4 is 16.0 Å². The third-order valence-electron chi connectivity index (χ3n) is 6.33. The maximum Gasteiger partial charge on any atom is 0.239 e. The molecule has 5 rings (SSSR count). The summed E-state index contributed by atoms with van der Waals surface area (Å²) in [7, 11) is 0. The fourth-order valence-electron chi connectivity index (χ4n) is 4.40. The number of hydrogen-bond donors (Lipinski definition) is 4. The summed E-state index contributed by atoms with van der Waals surface area (Å²) in [6.07, 6.45) is 3.86. The van der Waals surface area contributed by atoms with Gasteiger partial charge in [0.2, 0.25) is 11.7 Å². The smallest absolute Gasteiger partial charge is 0.239 e. The van der Waals surface area contributed by atoms with E-state index in [4.69, 9.17) is 11.6 Å². The molecular weight excluding hydrogens is 450 g/mol. The standard InChI is InChI=1S/C26H26ClN5O2/c27-20-14-29-22-11-17(5-6-18(20)22)26(34)24-12-23(19-3-1-2-4-21(19)32-24)30-15-25(33)31-13-16-7-9-28-10-8-16/h1-6,11-12,14,16,28-29H,7-10,13,15H2,(H,30,32)(H,31,33). The maximum atomic E-state index is 13.3. The Bertz CT molecular complexity index is 1360. The van der Waals surface area contributed by atoms with Crippen LogP contribution in [0.25, 0.3) is 21.8 Å². The lowest BCUT2D eigenvalue weighted by Crippen LogP contribution is -2.38. The van der Waals surface area contributed by atoms with E-state index in [1.807, 2.05) is 30.3 Å². The first-order chi connectivity index (χ1) is 16.6. The van der Waals surface area contributed by atoms with Crippen molar-refractivity contribution in [2.75, 3.05) is 31.5 Å². The monoisotopic (exact) mass is 475 g/mol. The Morgan fingerprint density at radius 2 is 1.88 bits per heavy atom. The van der Waals surface area contributed by atoms with Gasteiger partial charge in [-0.2, -0.15) is 0 Å². The molecule has 4 aromatic rings. The second-order valence-electron chi connectivity index (χ2n) is 8.65. The van der Waals surface area contributed by atoms with Gasteiger partial charge in [-0.3, -0.25) is 9.59 Å². The van der Waals surface area contributed by atoms with E-state index in [1.54, 1.807) is 24.4 Å². The van der Waals surface area contributed by atoms with Gasteiger partial charge in [0.05, 0.1) is 17.1 Å². The van der Waals surface area contributed by atoms with Crippen LogP contribution in [0.5, 0.6) is 0 Å². The molecule has 3 heterocycles. The normalized spacial score (nSPS) is 14.4. The minimum absolute atomic E-state index is 0.0682. The molecule has 0 saturated carbocycles. The Hall–Kier alpha value is -3.42. The number of fused-ring (bicyclic) bond motifs is 2. The number of rotatable bonds is 7. The number of anilines is 1. The highest BCUT2D eigenvalue weighted by molar-refractivity contribution is 6.35. The molecule has 2 aromatic heterocycles. The average molecular weight is 476 g/mol. The van der Waals surface area contributed by atoms with Gasteiger partial charge in [-0.1, -0.05) is 41.9 Å². The van der Waals surface area contributed by atoms with Crippen molar-refractivity contribution in [3.8, 4) is 0 Å². The molecule has 0 atom stereocenters. The second kappa shape index (κ2) is 9.83. The molecule has 7 nitrogen and oxygen atoms in total. The fourth-order valence-corrected chi connectivity index (χ4v) is 4.62. The molecule has 0 unspecified atom stereocenters. The highest BCUT2D eigenvalue weighted by Crippen LogP contribution is 2.27. The molecular formula is C26H26ClN5O2.